The lowest BCUT2D eigenvalue weighted by molar-refractivity contribution is -0.296. The van der Waals surface area contributed by atoms with Gasteiger partial charge in [-0.2, -0.15) is 0 Å². The molecule has 0 bridgehead atoms. The maximum atomic E-state index is 11.1. The van der Waals surface area contributed by atoms with E-state index in [0.29, 0.717) is 0 Å². The van der Waals surface area contributed by atoms with Crippen molar-refractivity contribution in [1.29, 1.82) is 0 Å². The number of aliphatic hydroxyl groups excluding tert-OH is 8. The van der Waals surface area contributed by atoms with Gasteiger partial charge in [0.2, 0.25) is 5.79 Å². The molecule has 2 rings (SSSR count). The number of hydrogen-bond donors (Lipinski definition) is 10. The first-order chi connectivity index (χ1) is 12.4. The minimum atomic E-state index is -2.37. The second kappa shape index (κ2) is 9.60. The quantitative estimate of drug-likeness (QED) is 0.212. The first-order valence-electron chi connectivity index (χ1n) is 8.04. The number of ketones is 1. The van der Waals surface area contributed by atoms with Gasteiger partial charge in [-0.1, -0.05) is 0 Å². The fourth-order valence-corrected chi connectivity index (χ4v) is 2.59. The third kappa shape index (κ3) is 4.97. The molecular formula is C14H27NO12. The number of nitrogens with two attached hydrogens (primary N) is 1. The third-order valence-electron chi connectivity index (χ3n) is 4.43. The Labute approximate surface area is 153 Å². The predicted molar refractivity (Wildman–Crippen MR) is 83.6 cm³/mol. The van der Waals surface area contributed by atoms with Crippen LogP contribution in [-0.4, -0.2) is 126 Å². The maximum absolute atomic E-state index is 11.1. The van der Waals surface area contributed by atoms with E-state index in [1.54, 1.807) is 0 Å². The van der Waals surface area contributed by atoms with E-state index < -0.39 is 79.8 Å². The van der Waals surface area contributed by atoms with Crippen LogP contribution in [0.5, 0.6) is 0 Å². The minimum Gasteiger partial charge on any atom is -0.394 e. The Kier molecular flexibility index (Phi) is 8.61. The highest BCUT2D eigenvalue weighted by Gasteiger charge is 2.54. The molecule has 0 aromatic carbocycles. The van der Waals surface area contributed by atoms with E-state index in [-0.39, 0.29) is 0 Å². The number of aliphatic hydroxyl groups is 9. The van der Waals surface area contributed by atoms with E-state index in [2.05, 4.69) is 4.74 Å². The van der Waals surface area contributed by atoms with E-state index in [1.165, 1.54) is 0 Å². The highest BCUT2D eigenvalue weighted by Crippen LogP contribution is 2.27. The van der Waals surface area contributed by atoms with Crippen molar-refractivity contribution in [3.8, 4) is 0 Å². The zero-order valence-electron chi connectivity index (χ0n) is 14.4. The summed E-state index contributed by atoms with van der Waals surface area (Å²) in [6, 6.07) is -1.45. The van der Waals surface area contributed by atoms with Crippen LogP contribution in [0.2, 0.25) is 0 Å². The Morgan fingerprint density at radius 1 is 0.889 bits per heavy atom. The average Bonchev–Trinajstić information content (AvgIpc) is 2.64. The zero-order valence-corrected chi connectivity index (χ0v) is 14.4. The Hall–Kier alpha value is -0.810. The van der Waals surface area contributed by atoms with Crippen molar-refractivity contribution in [2.45, 2.75) is 67.8 Å². The van der Waals surface area contributed by atoms with Crippen LogP contribution in [0, 0.1) is 0 Å². The molecule has 2 aliphatic heterocycles. The molecule has 0 aromatic heterocycles. The smallest absolute Gasteiger partial charge is 0.244 e. The van der Waals surface area contributed by atoms with Crippen molar-refractivity contribution < 1.29 is 60.2 Å². The molecule has 0 aliphatic carbocycles. The van der Waals surface area contributed by atoms with Crippen molar-refractivity contribution in [1.82, 2.24) is 0 Å². The fourth-order valence-electron chi connectivity index (χ4n) is 2.59. The standard InChI is InChI=1S/C8H15NO6.C6H12O6/c1-3(11)8(14)7(9)6(13)5(12)4(2-10)15-8;7-1-2-3(8)4(9)5(10)6(11)12-2/h4-7,10,12-14H,2,9H2,1H3;2-11H,1H2/t;2-,3-,4+,5-,6?/m.1/s1. The van der Waals surface area contributed by atoms with Crippen LogP contribution < -0.4 is 5.73 Å². The fraction of sp³-hybridized carbons (Fsp3) is 0.929. The summed E-state index contributed by atoms with van der Waals surface area (Å²) >= 11 is 0. The summed E-state index contributed by atoms with van der Waals surface area (Å²) in [6.45, 7) is -0.124. The molecule has 2 aliphatic rings. The topological polar surface area (TPSA) is 244 Å². The molecule has 13 heteroatoms. The van der Waals surface area contributed by atoms with Crippen LogP contribution in [0.25, 0.3) is 0 Å². The summed E-state index contributed by atoms with van der Waals surface area (Å²) < 4.78 is 9.38. The molecule has 2 heterocycles. The van der Waals surface area contributed by atoms with Crippen molar-refractivity contribution >= 4 is 5.78 Å². The number of rotatable bonds is 3. The van der Waals surface area contributed by atoms with Crippen molar-refractivity contribution in [2.24, 2.45) is 5.73 Å². The SMILES string of the molecule is CC(=O)C1(O)OC(CO)C(O)C(O)C1N.OC[C@H]1OC(O)[C@H](O)[C@@H](O)[C@@H]1O. The molecule has 2 fully saturated rings. The lowest BCUT2D eigenvalue weighted by Crippen LogP contribution is -2.70. The van der Waals surface area contributed by atoms with Crippen LogP contribution in [0.4, 0.5) is 0 Å². The summed E-state index contributed by atoms with van der Waals surface area (Å²) in [7, 11) is 0. The molecule has 160 valence electrons. The molecule has 2 saturated heterocycles. The minimum absolute atomic E-state index is 0.526. The van der Waals surface area contributed by atoms with E-state index in [1.807, 2.05) is 0 Å². The van der Waals surface area contributed by atoms with Gasteiger partial charge in [-0.15, -0.1) is 0 Å². The monoisotopic (exact) mass is 401 g/mol. The highest BCUT2D eigenvalue weighted by molar-refractivity contribution is 5.84. The molecular weight excluding hydrogens is 374 g/mol. The third-order valence-corrected chi connectivity index (χ3v) is 4.43. The lowest BCUT2D eigenvalue weighted by Gasteiger charge is -2.44. The molecule has 0 amide bonds. The Bertz CT molecular complexity index is 488. The van der Waals surface area contributed by atoms with E-state index in [4.69, 9.17) is 41.1 Å². The van der Waals surface area contributed by atoms with Gasteiger partial charge < -0.3 is 61.2 Å². The summed E-state index contributed by atoms with van der Waals surface area (Å²) in [6.07, 6.45) is -11.3. The van der Waals surface area contributed by atoms with Gasteiger partial charge in [0.1, 0.15) is 42.7 Å². The average molecular weight is 401 g/mol. The van der Waals surface area contributed by atoms with Gasteiger partial charge in [0, 0.05) is 6.92 Å². The van der Waals surface area contributed by atoms with Gasteiger partial charge >= 0.3 is 0 Å². The number of ether oxygens (including phenoxy) is 2. The summed E-state index contributed by atoms with van der Waals surface area (Å²) in [5.41, 5.74) is 5.38. The molecule has 10 atom stereocenters. The van der Waals surface area contributed by atoms with Gasteiger partial charge in [-0.3, -0.25) is 4.79 Å². The van der Waals surface area contributed by atoms with Crippen molar-refractivity contribution in [3.63, 3.8) is 0 Å². The predicted octanol–water partition coefficient (Wildman–Crippen LogP) is -6.52. The molecule has 0 radical (unpaired) electrons. The van der Waals surface area contributed by atoms with Crippen molar-refractivity contribution in [3.05, 3.63) is 0 Å². The molecule has 0 saturated carbocycles. The second-order valence-corrected chi connectivity index (χ2v) is 6.32. The zero-order chi connectivity index (χ0) is 21.1. The van der Waals surface area contributed by atoms with Crippen LogP contribution >= 0.6 is 0 Å². The summed E-state index contributed by atoms with van der Waals surface area (Å²) in [5, 5.41) is 82.0. The Morgan fingerprint density at radius 3 is 1.81 bits per heavy atom. The van der Waals surface area contributed by atoms with Crippen LogP contribution in [-0.2, 0) is 14.3 Å². The Balaban J connectivity index is 0.000000277. The van der Waals surface area contributed by atoms with Gasteiger partial charge in [0.15, 0.2) is 12.1 Å². The molecule has 11 N–H and O–H groups in total. The first kappa shape index (κ1) is 24.2. The molecule has 0 spiro atoms. The van der Waals surface area contributed by atoms with Gasteiger partial charge in [-0.25, -0.2) is 0 Å². The van der Waals surface area contributed by atoms with Crippen molar-refractivity contribution in [2.75, 3.05) is 13.2 Å². The van der Waals surface area contributed by atoms with Gasteiger partial charge in [0.25, 0.3) is 0 Å². The first-order valence-corrected chi connectivity index (χ1v) is 8.04. The van der Waals surface area contributed by atoms with Gasteiger partial charge in [0.05, 0.1) is 19.3 Å². The van der Waals surface area contributed by atoms with E-state index in [9.17, 15) is 20.1 Å². The summed E-state index contributed by atoms with van der Waals surface area (Å²) in [5.74, 6) is -3.16. The molecule has 6 unspecified atom stereocenters. The number of carbonyl (C=O) groups excluding carboxylic acids is 1. The van der Waals surface area contributed by atoms with E-state index in [0.717, 1.165) is 6.92 Å². The highest BCUT2D eigenvalue weighted by atomic mass is 16.7. The van der Waals surface area contributed by atoms with Crippen LogP contribution in [0.1, 0.15) is 6.92 Å². The molecule has 27 heavy (non-hydrogen) atoms. The largest absolute Gasteiger partial charge is 0.394 e. The normalized spacial score (nSPS) is 47.7. The molecule has 0 aromatic rings. The second-order valence-electron chi connectivity index (χ2n) is 6.32. The summed E-state index contributed by atoms with van der Waals surface area (Å²) in [4.78, 5) is 11.1. The van der Waals surface area contributed by atoms with E-state index >= 15 is 0 Å². The number of carbonyl (C=O) groups is 1. The lowest BCUT2D eigenvalue weighted by atomic mass is 9.89. The number of hydrogen-bond acceptors (Lipinski definition) is 13. The van der Waals surface area contributed by atoms with Gasteiger partial charge in [-0.05, 0) is 0 Å². The Morgan fingerprint density at radius 2 is 1.37 bits per heavy atom. The molecule has 13 nitrogen and oxygen atoms in total. The van der Waals surface area contributed by atoms with Crippen LogP contribution in [0.15, 0.2) is 0 Å². The maximum Gasteiger partial charge on any atom is 0.244 e. The number of Topliss-reactive ketones (excluding diaryl/α,β-unsaturated/α-hetero) is 1. The van der Waals surface area contributed by atoms with Crippen LogP contribution in [0.3, 0.4) is 0 Å².